The van der Waals surface area contributed by atoms with Crippen LogP contribution >= 0.6 is 23.5 Å². The molecule has 0 spiro atoms. The first-order valence-corrected chi connectivity index (χ1v) is 11.3. The lowest BCUT2D eigenvalue weighted by Crippen LogP contribution is -2.48. The Kier molecular flexibility index (Phi) is 10.6. The van der Waals surface area contributed by atoms with E-state index >= 15 is 0 Å². The molecule has 0 aromatic heterocycles. The number of halogens is 1. The third-order valence-electron chi connectivity index (χ3n) is 3.40. The highest BCUT2D eigenvalue weighted by Gasteiger charge is 2.27. The second-order valence-corrected chi connectivity index (χ2v) is 8.56. The van der Waals surface area contributed by atoms with E-state index in [9.17, 15) is 14.2 Å². The van der Waals surface area contributed by atoms with E-state index in [1.54, 1.807) is 38.1 Å². The number of anilines is 1. The molecule has 0 radical (unpaired) electrons. The topological polar surface area (TPSA) is 106 Å². The zero-order valence-corrected chi connectivity index (χ0v) is 18.3. The lowest BCUT2D eigenvalue weighted by atomic mass is 10.1. The summed E-state index contributed by atoms with van der Waals surface area (Å²) in [6, 6.07) is 5.80. The summed E-state index contributed by atoms with van der Waals surface area (Å²) >= 11 is 3.32. The van der Waals surface area contributed by atoms with E-state index in [0.29, 0.717) is 18.5 Å². The van der Waals surface area contributed by atoms with Crippen molar-refractivity contribution < 1.29 is 23.2 Å². The van der Waals surface area contributed by atoms with Gasteiger partial charge in [0.15, 0.2) is 0 Å². The Morgan fingerprint density at radius 2 is 1.70 bits per heavy atom. The molecule has 27 heavy (non-hydrogen) atoms. The van der Waals surface area contributed by atoms with Crippen LogP contribution in [0.1, 0.15) is 33.6 Å². The Bertz CT molecular complexity index is 646. The highest BCUT2D eigenvalue weighted by atomic mass is 79.9. The summed E-state index contributed by atoms with van der Waals surface area (Å²) in [7, 11) is -3.39. The average Bonchev–Trinajstić information content (AvgIpc) is 2.62. The first-order chi connectivity index (χ1) is 12.8. The molecule has 0 saturated carbocycles. The summed E-state index contributed by atoms with van der Waals surface area (Å²) in [5.41, 5.74) is 0.601. The summed E-state index contributed by atoms with van der Waals surface area (Å²) < 4.78 is 23.6. The zero-order chi connectivity index (χ0) is 20.3. The number of nitrogens with one attached hydrogen (secondary N) is 3. The minimum absolute atomic E-state index is 0.208. The molecule has 1 rings (SSSR count). The standard InChI is InChI=1S/C17H27BrN3O5P/c1-4-7-15(16(22)19-12-27(24,25-5-2)26-6-3)21-17(23)20-14-10-8-13(18)9-11-14/h8-11,15H,4-7,12H2,1-3H3,(H,19,22)(H2,20,21,23)/t15-/m0/s1. The van der Waals surface area contributed by atoms with Gasteiger partial charge in [-0.2, -0.15) is 0 Å². The number of hydrogen-bond donors (Lipinski definition) is 3. The Labute approximate surface area is 168 Å². The van der Waals surface area contributed by atoms with Gasteiger partial charge in [0.1, 0.15) is 12.3 Å². The highest BCUT2D eigenvalue weighted by Crippen LogP contribution is 2.46. The molecule has 3 amide bonds. The van der Waals surface area contributed by atoms with Crippen molar-refractivity contribution in [3.63, 3.8) is 0 Å². The normalized spacial score (nSPS) is 12.3. The first kappa shape index (κ1) is 23.6. The van der Waals surface area contributed by atoms with Gasteiger partial charge in [-0.15, -0.1) is 0 Å². The highest BCUT2D eigenvalue weighted by molar-refractivity contribution is 9.10. The van der Waals surface area contributed by atoms with Gasteiger partial charge in [-0.3, -0.25) is 9.36 Å². The predicted molar refractivity (Wildman–Crippen MR) is 109 cm³/mol. The number of benzene rings is 1. The fourth-order valence-electron chi connectivity index (χ4n) is 2.24. The molecule has 0 aliphatic heterocycles. The fourth-order valence-corrected chi connectivity index (χ4v) is 3.89. The number of carbonyl (C=O) groups excluding carboxylic acids is 2. The second-order valence-electron chi connectivity index (χ2n) is 5.59. The number of carbonyl (C=O) groups is 2. The minimum atomic E-state index is -3.39. The van der Waals surface area contributed by atoms with Gasteiger partial charge < -0.3 is 25.0 Å². The van der Waals surface area contributed by atoms with Gasteiger partial charge in [0.25, 0.3) is 0 Å². The van der Waals surface area contributed by atoms with Crippen LogP contribution in [0.25, 0.3) is 0 Å². The largest absolute Gasteiger partial charge is 0.349 e. The van der Waals surface area contributed by atoms with Gasteiger partial charge in [-0.05, 0) is 44.5 Å². The molecular weight excluding hydrogens is 437 g/mol. The van der Waals surface area contributed by atoms with Gasteiger partial charge in [0, 0.05) is 10.2 Å². The monoisotopic (exact) mass is 463 g/mol. The molecule has 0 fully saturated rings. The summed E-state index contributed by atoms with van der Waals surface area (Å²) in [5.74, 6) is -0.442. The van der Waals surface area contributed by atoms with Crippen LogP contribution in [0.4, 0.5) is 10.5 Å². The maximum absolute atomic E-state index is 12.4. The maximum atomic E-state index is 12.4. The third kappa shape index (κ3) is 8.88. The molecular formula is C17H27BrN3O5P. The lowest BCUT2D eigenvalue weighted by Gasteiger charge is -2.21. The van der Waals surface area contributed by atoms with E-state index in [4.69, 9.17) is 9.05 Å². The van der Waals surface area contributed by atoms with Crippen LogP contribution < -0.4 is 16.0 Å². The van der Waals surface area contributed by atoms with Crippen molar-refractivity contribution >= 4 is 41.2 Å². The molecule has 0 aliphatic rings. The second kappa shape index (κ2) is 12.1. The van der Waals surface area contributed by atoms with Gasteiger partial charge in [0.2, 0.25) is 5.91 Å². The molecule has 0 unspecified atom stereocenters. The first-order valence-electron chi connectivity index (χ1n) is 8.82. The molecule has 3 N–H and O–H groups in total. The summed E-state index contributed by atoms with van der Waals surface area (Å²) in [5, 5.41) is 7.86. The van der Waals surface area contributed by atoms with Crippen molar-refractivity contribution in [2.75, 3.05) is 24.8 Å². The molecule has 0 aliphatic carbocycles. The van der Waals surface area contributed by atoms with E-state index in [-0.39, 0.29) is 19.5 Å². The van der Waals surface area contributed by atoms with Gasteiger partial charge >= 0.3 is 13.6 Å². The molecule has 10 heteroatoms. The van der Waals surface area contributed by atoms with Gasteiger partial charge in [-0.1, -0.05) is 29.3 Å². The van der Waals surface area contributed by atoms with Gasteiger partial charge in [0.05, 0.1) is 13.2 Å². The smallest absolute Gasteiger partial charge is 0.343 e. The van der Waals surface area contributed by atoms with Crippen molar-refractivity contribution in [1.82, 2.24) is 10.6 Å². The van der Waals surface area contributed by atoms with Crippen LogP contribution in [0, 0.1) is 0 Å². The summed E-state index contributed by atoms with van der Waals surface area (Å²) in [6.45, 7) is 5.71. The van der Waals surface area contributed by atoms with Crippen molar-refractivity contribution in [1.29, 1.82) is 0 Å². The van der Waals surface area contributed by atoms with E-state index in [2.05, 4.69) is 31.9 Å². The molecule has 1 aromatic carbocycles. The van der Waals surface area contributed by atoms with Crippen molar-refractivity contribution in [3.05, 3.63) is 28.7 Å². The van der Waals surface area contributed by atoms with E-state index in [1.165, 1.54) is 0 Å². The molecule has 0 saturated heterocycles. The van der Waals surface area contributed by atoms with Crippen LogP contribution in [0.3, 0.4) is 0 Å². The summed E-state index contributed by atoms with van der Waals surface area (Å²) in [6.07, 6.45) is 0.877. The molecule has 0 bridgehead atoms. The van der Waals surface area contributed by atoms with Crippen LogP contribution in [-0.2, 0) is 18.4 Å². The van der Waals surface area contributed by atoms with Crippen molar-refractivity contribution in [2.24, 2.45) is 0 Å². The fraction of sp³-hybridized carbons (Fsp3) is 0.529. The molecule has 152 valence electrons. The zero-order valence-electron chi connectivity index (χ0n) is 15.8. The molecule has 1 atom stereocenters. The average molecular weight is 464 g/mol. The summed E-state index contributed by atoms with van der Waals surface area (Å²) in [4.78, 5) is 24.6. The molecule has 1 aromatic rings. The third-order valence-corrected chi connectivity index (χ3v) is 5.78. The van der Waals surface area contributed by atoms with Gasteiger partial charge in [-0.25, -0.2) is 4.79 Å². The van der Waals surface area contributed by atoms with E-state index in [1.807, 2.05) is 6.92 Å². The lowest BCUT2D eigenvalue weighted by molar-refractivity contribution is -0.122. The number of urea groups is 1. The van der Waals surface area contributed by atoms with Crippen LogP contribution in [-0.4, -0.2) is 37.5 Å². The minimum Gasteiger partial charge on any atom is -0.343 e. The van der Waals surface area contributed by atoms with Crippen LogP contribution in [0.15, 0.2) is 28.7 Å². The van der Waals surface area contributed by atoms with Crippen molar-refractivity contribution in [3.8, 4) is 0 Å². The number of amides is 3. The Balaban J connectivity index is 2.64. The van der Waals surface area contributed by atoms with Crippen molar-refractivity contribution in [2.45, 2.75) is 39.7 Å². The van der Waals surface area contributed by atoms with E-state index in [0.717, 1.165) is 4.47 Å². The SMILES string of the molecule is CCC[C@H](NC(=O)Nc1ccc(Br)cc1)C(=O)NCP(=O)(OCC)OCC. The molecule has 8 nitrogen and oxygen atoms in total. The number of hydrogen-bond acceptors (Lipinski definition) is 5. The Morgan fingerprint density at radius 1 is 1.11 bits per heavy atom. The Hall–Kier alpha value is -1.41. The Morgan fingerprint density at radius 3 is 2.22 bits per heavy atom. The number of rotatable bonds is 11. The van der Waals surface area contributed by atoms with Crippen LogP contribution in [0.2, 0.25) is 0 Å². The maximum Gasteiger partial charge on any atom is 0.349 e. The van der Waals surface area contributed by atoms with E-state index < -0.39 is 25.6 Å². The quantitative estimate of drug-likeness (QED) is 0.428. The predicted octanol–water partition coefficient (Wildman–Crippen LogP) is 4.08. The van der Waals surface area contributed by atoms with Crippen LogP contribution in [0.5, 0.6) is 0 Å². The molecule has 0 heterocycles.